The summed E-state index contributed by atoms with van der Waals surface area (Å²) in [6.45, 7) is 0. The summed E-state index contributed by atoms with van der Waals surface area (Å²) in [6, 6.07) is 16.5. The Morgan fingerprint density at radius 2 is 1.53 bits per heavy atom. The predicted octanol–water partition coefficient (Wildman–Crippen LogP) is 5.51. The van der Waals surface area contributed by atoms with Gasteiger partial charge < -0.3 is 10.6 Å². The summed E-state index contributed by atoms with van der Waals surface area (Å²) in [6.07, 6.45) is 0. The molecule has 0 aliphatic carbocycles. The van der Waals surface area contributed by atoms with Crippen molar-refractivity contribution < 1.29 is 14.0 Å². The molecule has 0 unspecified atom stereocenters. The molecule has 0 fully saturated rings. The van der Waals surface area contributed by atoms with Crippen molar-refractivity contribution in [2.75, 3.05) is 10.6 Å². The molecule has 0 aliphatic rings. The fourth-order valence-electron chi connectivity index (χ4n) is 2.51. The van der Waals surface area contributed by atoms with Crippen molar-refractivity contribution in [3.05, 3.63) is 93.7 Å². The largest absolute Gasteiger partial charge is 0.332 e. The number of carbonyl (C=O) groups is 2. The fourth-order valence-corrected chi connectivity index (χ4v) is 3.22. The summed E-state index contributed by atoms with van der Waals surface area (Å²) in [5.74, 6) is -1.48. The molecule has 0 saturated heterocycles. The van der Waals surface area contributed by atoms with Gasteiger partial charge in [0.25, 0.3) is 11.8 Å². The Labute approximate surface area is 187 Å². The van der Waals surface area contributed by atoms with Crippen molar-refractivity contribution in [2.45, 2.75) is 0 Å². The van der Waals surface area contributed by atoms with Crippen molar-refractivity contribution in [3.63, 3.8) is 0 Å². The Kier molecular flexibility index (Phi) is 6.99. The molecule has 0 radical (unpaired) electrons. The predicted molar refractivity (Wildman–Crippen MR) is 121 cm³/mol. The molecule has 0 spiro atoms. The molecule has 3 aromatic rings. The Bertz CT molecular complexity index is 1140. The third kappa shape index (κ3) is 5.76. The van der Waals surface area contributed by atoms with Crippen LogP contribution in [-0.4, -0.2) is 16.9 Å². The highest BCUT2D eigenvalue weighted by atomic mass is 35.5. The lowest BCUT2D eigenvalue weighted by atomic mass is 10.2. The van der Waals surface area contributed by atoms with Crippen molar-refractivity contribution in [1.29, 1.82) is 0 Å². The first kappa shape index (κ1) is 21.7. The number of nitrogens with one attached hydrogen (secondary N) is 3. The monoisotopic (exact) mass is 461 g/mol. The molecule has 30 heavy (non-hydrogen) atoms. The van der Waals surface area contributed by atoms with Crippen LogP contribution in [0.2, 0.25) is 10.0 Å². The molecule has 0 bridgehead atoms. The number of hydrogen-bond acceptors (Lipinski definition) is 3. The summed E-state index contributed by atoms with van der Waals surface area (Å²) in [5.41, 5.74) is 1.42. The molecular weight excluding hydrogens is 448 g/mol. The van der Waals surface area contributed by atoms with Crippen LogP contribution in [-0.2, 0) is 0 Å². The maximum absolute atomic E-state index is 13.2. The van der Waals surface area contributed by atoms with Crippen molar-refractivity contribution in [3.8, 4) is 0 Å². The Morgan fingerprint density at radius 1 is 0.833 bits per heavy atom. The van der Waals surface area contributed by atoms with Crippen LogP contribution >= 0.6 is 35.4 Å². The lowest BCUT2D eigenvalue weighted by Crippen LogP contribution is -2.34. The van der Waals surface area contributed by atoms with Crippen LogP contribution < -0.4 is 16.0 Å². The van der Waals surface area contributed by atoms with Crippen LogP contribution in [0.5, 0.6) is 0 Å². The smallest absolute Gasteiger partial charge is 0.257 e. The van der Waals surface area contributed by atoms with E-state index in [9.17, 15) is 14.0 Å². The first-order valence-electron chi connectivity index (χ1n) is 8.56. The summed E-state index contributed by atoms with van der Waals surface area (Å²) in [7, 11) is 0. The second-order valence-electron chi connectivity index (χ2n) is 6.08. The number of benzene rings is 3. The zero-order valence-corrected chi connectivity index (χ0v) is 17.5. The highest BCUT2D eigenvalue weighted by Crippen LogP contribution is 2.23. The quantitative estimate of drug-likeness (QED) is 0.447. The molecular formula is C21H14Cl2FN3O2S. The normalized spacial score (nSPS) is 10.2. The van der Waals surface area contributed by atoms with Gasteiger partial charge in [-0.1, -0.05) is 35.3 Å². The maximum atomic E-state index is 13.2. The van der Waals surface area contributed by atoms with Gasteiger partial charge in [-0.25, -0.2) is 4.39 Å². The summed E-state index contributed by atoms with van der Waals surface area (Å²) >= 11 is 17.0. The van der Waals surface area contributed by atoms with Gasteiger partial charge in [0.15, 0.2) is 5.11 Å². The topological polar surface area (TPSA) is 70.2 Å². The zero-order valence-electron chi connectivity index (χ0n) is 15.2. The molecule has 5 nitrogen and oxygen atoms in total. The number of rotatable bonds is 4. The van der Waals surface area contributed by atoms with E-state index in [2.05, 4.69) is 16.0 Å². The van der Waals surface area contributed by atoms with Gasteiger partial charge in [0.1, 0.15) is 5.82 Å². The number of amides is 2. The first-order valence-corrected chi connectivity index (χ1v) is 9.72. The first-order chi connectivity index (χ1) is 14.3. The van der Waals surface area contributed by atoms with E-state index in [1.165, 1.54) is 30.3 Å². The van der Waals surface area contributed by atoms with Crippen LogP contribution in [0.1, 0.15) is 20.7 Å². The minimum Gasteiger partial charge on any atom is -0.332 e. The molecule has 9 heteroatoms. The van der Waals surface area contributed by atoms with Gasteiger partial charge in [-0.2, -0.15) is 0 Å². The molecule has 3 aromatic carbocycles. The number of thiocarbonyl (C=S) groups is 1. The maximum Gasteiger partial charge on any atom is 0.257 e. The molecule has 0 aliphatic heterocycles. The number of hydrogen-bond donors (Lipinski definition) is 3. The van der Waals surface area contributed by atoms with Crippen LogP contribution in [0.25, 0.3) is 0 Å². The number of anilines is 2. The van der Waals surface area contributed by atoms with Gasteiger partial charge in [-0.3, -0.25) is 14.9 Å². The fraction of sp³-hybridized carbons (Fsp3) is 0. The van der Waals surface area contributed by atoms with Crippen LogP contribution in [0, 0.1) is 5.82 Å². The van der Waals surface area contributed by atoms with Gasteiger partial charge >= 0.3 is 0 Å². The van der Waals surface area contributed by atoms with E-state index >= 15 is 0 Å². The molecule has 3 rings (SSSR count). The second-order valence-corrected chi connectivity index (χ2v) is 7.33. The van der Waals surface area contributed by atoms with E-state index in [1.807, 2.05) is 0 Å². The van der Waals surface area contributed by atoms with Gasteiger partial charge in [0.05, 0.1) is 10.6 Å². The highest BCUT2D eigenvalue weighted by Gasteiger charge is 2.12. The SMILES string of the molecule is O=C(NC(=S)Nc1cccc(NC(=O)c2ccc(Cl)cc2Cl)c1)c1cccc(F)c1. The minimum atomic E-state index is -0.547. The molecule has 0 aromatic heterocycles. The Balaban J connectivity index is 1.64. The van der Waals surface area contributed by atoms with E-state index in [0.29, 0.717) is 16.4 Å². The standard InChI is InChI=1S/C21H14Cl2FN3O2S/c22-13-7-8-17(18(23)10-13)20(29)25-15-5-2-6-16(11-15)26-21(30)27-19(28)12-3-1-4-14(24)9-12/h1-11H,(H,25,29)(H2,26,27,28,30). The van der Waals surface area contributed by atoms with Gasteiger partial charge in [-0.05, 0) is 66.8 Å². The number of carbonyl (C=O) groups excluding carboxylic acids is 2. The Morgan fingerprint density at radius 3 is 2.23 bits per heavy atom. The summed E-state index contributed by atoms with van der Waals surface area (Å²) in [4.78, 5) is 24.6. The molecule has 0 atom stereocenters. The van der Waals surface area contributed by atoms with Gasteiger partial charge in [0.2, 0.25) is 0 Å². The van der Waals surface area contributed by atoms with E-state index in [4.69, 9.17) is 35.4 Å². The average molecular weight is 462 g/mol. The van der Waals surface area contributed by atoms with E-state index in [-0.39, 0.29) is 21.3 Å². The van der Waals surface area contributed by atoms with E-state index < -0.39 is 17.6 Å². The molecule has 2 amide bonds. The Hall–Kier alpha value is -3.00. The average Bonchev–Trinajstić information content (AvgIpc) is 2.68. The van der Waals surface area contributed by atoms with E-state index in [1.54, 1.807) is 30.3 Å². The van der Waals surface area contributed by atoms with Gasteiger partial charge in [0, 0.05) is 22.0 Å². The molecule has 0 heterocycles. The van der Waals surface area contributed by atoms with Crippen LogP contribution in [0.4, 0.5) is 15.8 Å². The van der Waals surface area contributed by atoms with Crippen molar-refractivity contribution in [2.24, 2.45) is 0 Å². The third-order valence-corrected chi connectivity index (χ3v) is 4.62. The van der Waals surface area contributed by atoms with Crippen molar-refractivity contribution in [1.82, 2.24) is 5.32 Å². The highest BCUT2D eigenvalue weighted by molar-refractivity contribution is 7.80. The van der Waals surface area contributed by atoms with E-state index in [0.717, 1.165) is 6.07 Å². The third-order valence-electron chi connectivity index (χ3n) is 3.87. The lowest BCUT2D eigenvalue weighted by Gasteiger charge is -2.12. The van der Waals surface area contributed by atoms with Crippen molar-refractivity contribution >= 4 is 63.7 Å². The minimum absolute atomic E-state index is 0.0217. The van der Waals surface area contributed by atoms with Gasteiger partial charge in [-0.15, -0.1) is 0 Å². The molecule has 0 saturated carbocycles. The second kappa shape index (κ2) is 9.67. The lowest BCUT2D eigenvalue weighted by molar-refractivity contribution is 0.0976. The summed E-state index contributed by atoms with van der Waals surface area (Å²) in [5, 5.41) is 8.72. The van der Waals surface area contributed by atoms with Crippen LogP contribution in [0.15, 0.2) is 66.7 Å². The number of halogens is 3. The molecule has 152 valence electrons. The summed E-state index contributed by atoms with van der Waals surface area (Å²) < 4.78 is 13.2. The van der Waals surface area contributed by atoms with Crippen LogP contribution in [0.3, 0.4) is 0 Å². The molecule has 3 N–H and O–H groups in total. The zero-order chi connectivity index (χ0) is 21.7.